The number of hydrogen-bond donors (Lipinski definition) is 2. The number of nitrogens with one attached hydrogen (secondary N) is 2. The van der Waals surface area contributed by atoms with Crippen LogP contribution in [0.2, 0.25) is 0 Å². The van der Waals surface area contributed by atoms with Gasteiger partial charge >= 0.3 is 0 Å². The van der Waals surface area contributed by atoms with Crippen LogP contribution in [-0.4, -0.2) is 35.8 Å². The first-order valence-electron chi connectivity index (χ1n) is 5.44. The Bertz CT molecular complexity index is 702. The highest BCUT2D eigenvalue weighted by Crippen LogP contribution is 2.12. The lowest BCUT2D eigenvalue weighted by molar-refractivity contribution is 0.576. The summed E-state index contributed by atoms with van der Waals surface area (Å²) in [5, 5.41) is 0. The molecule has 2 heterocycles. The van der Waals surface area contributed by atoms with Crippen molar-refractivity contribution in [2.75, 3.05) is 12.8 Å². The van der Waals surface area contributed by atoms with Gasteiger partial charge in [-0.05, 0) is 24.7 Å². The summed E-state index contributed by atoms with van der Waals surface area (Å²) < 4.78 is 26.9. The summed E-state index contributed by atoms with van der Waals surface area (Å²) in [6.07, 6.45) is 5.25. The lowest BCUT2D eigenvalue weighted by Crippen LogP contribution is -2.23. The number of pyridine rings is 1. The fourth-order valence-corrected chi connectivity index (χ4v) is 2.54. The van der Waals surface area contributed by atoms with Crippen LogP contribution < -0.4 is 4.72 Å². The molecule has 0 aliphatic rings. The third kappa shape index (κ3) is 3.15. The topological polar surface area (TPSA) is 79.8 Å². The molecular formula is C10H14N4O2S2. The van der Waals surface area contributed by atoms with Gasteiger partial charge in [0.2, 0.25) is 10.0 Å². The summed E-state index contributed by atoms with van der Waals surface area (Å²) in [5.41, 5.74) is 1.87. The monoisotopic (exact) mass is 286 g/mol. The Hall–Kier alpha value is -1.25. The molecule has 2 aromatic rings. The number of imidazole rings is 1. The maximum Gasteiger partial charge on any atom is 0.208 e. The highest BCUT2D eigenvalue weighted by molar-refractivity contribution is 7.88. The van der Waals surface area contributed by atoms with Crippen LogP contribution in [0.25, 0.3) is 11.0 Å². The molecule has 0 aromatic carbocycles. The normalized spacial score (nSPS) is 12.1. The van der Waals surface area contributed by atoms with Gasteiger partial charge in [-0.15, -0.1) is 0 Å². The zero-order valence-electron chi connectivity index (χ0n) is 9.88. The van der Waals surface area contributed by atoms with Gasteiger partial charge in [-0.3, -0.25) is 4.98 Å². The second-order valence-corrected chi connectivity index (χ2v) is 6.21. The third-order valence-corrected chi connectivity index (χ3v) is 3.55. The third-order valence-electron chi connectivity index (χ3n) is 2.50. The molecule has 18 heavy (non-hydrogen) atoms. The van der Waals surface area contributed by atoms with Crippen molar-refractivity contribution in [1.29, 1.82) is 0 Å². The second-order valence-electron chi connectivity index (χ2n) is 3.99. The maximum atomic E-state index is 10.9. The number of aryl methyl sites for hydroxylation is 1. The van der Waals surface area contributed by atoms with Crippen molar-refractivity contribution < 1.29 is 8.42 Å². The summed E-state index contributed by atoms with van der Waals surface area (Å²) in [4.78, 5) is 7.07. The van der Waals surface area contributed by atoms with E-state index in [-0.39, 0.29) is 0 Å². The Kier molecular flexibility index (Phi) is 3.79. The Morgan fingerprint density at radius 2 is 2.33 bits per heavy atom. The Balaban J connectivity index is 2.08. The molecule has 0 unspecified atom stereocenters. The molecule has 2 N–H and O–H groups in total. The van der Waals surface area contributed by atoms with Gasteiger partial charge in [0, 0.05) is 19.3 Å². The van der Waals surface area contributed by atoms with Gasteiger partial charge in [0.25, 0.3) is 0 Å². The highest BCUT2D eigenvalue weighted by Gasteiger charge is 2.04. The van der Waals surface area contributed by atoms with E-state index in [4.69, 9.17) is 12.2 Å². The Morgan fingerprint density at radius 1 is 1.56 bits per heavy atom. The van der Waals surface area contributed by atoms with Crippen LogP contribution in [0, 0.1) is 4.77 Å². The summed E-state index contributed by atoms with van der Waals surface area (Å²) >= 11 is 5.22. The number of rotatable bonds is 5. The predicted octanol–water partition coefficient (Wildman–Crippen LogP) is 1.03. The Labute approximate surface area is 110 Å². The van der Waals surface area contributed by atoms with Crippen LogP contribution in [0.3, 0.4) is 0 Å². The smallest absolute Gasteiger partial charge is 0.208 e. The molecule has 2 aromatic heterocycles. The zero-order valence-corrected chi connectivity index (χ0v) is 11.5. The molecule has 0 atom stereocenters. The number of fused-ring (bicyclic) bond motifs is 1. The van der Waals surface area contributed by atoms with Crippen LogP contribution in [0.5, 0.6) is 0 Å². The van der Waals surface area contributed by atoms with E-state index >= 15 is 0 Å². The number of H-pyrrole nitrogens is 1. The fraction of sp³-hybridized carbons (Fsp3) is 0.400. The molecule has 98 valence electrons. The summed E-state index contributed by atoms with van der Waals surface area (Å²) in [6, 6.07) is 1.88. The number of nitrogens with zero attached hydrogens (tertiary/aromatic N) is 2. The maximum absolute atomic E-state index is 10.9. The van der Waals surface area contributed by atoms with Crippen molar-refractivity contribution in [3.63, 3.8) is 0 Å². The molecule has 0 saturated carbocycles. The van der Waals surface area contributed by atoms with Crippen molar-refractivity contribution in [1.82, 2.24) is 19.3 Å². The fourth-order valence-electron chi connectivity index (χ4n) is 1.73. The van der Waals surface area contributed by atoms with Gasteiger partial charge in [0.1, 0.15) is 0 Å². The lowest BCUT2D eigenvalue weighted by Gasteiger charge is -2.04. The Morgan fingerprint density at radius 3 is 3.06 bits per heavy atom. The minimum absolute atomic E-state index is 0.401. The van der Waals surface area contributed by atoms with Crippen molar-refractivity contribution in [3.8, 4) is 0 Å². The highest BCUT2D eigenvalue weighted by atomic mass is 32.2. The van der Waals surface area contributed by atoms with Crippen molar-refractivity contribution in [2.45, 2.75) is 13.0 Å². The molecule has 0 radical (unpaired) electrons. The van der Waals surface area contributed by atoms with Crippen LogP contribution in [0.15, 0.2) is 18.5 Å². The molecule has 0 fully saturated rings. The molecule has 0 aliphatic carbocycles. The van der Waals surface area contributed by atoms with E-state index in [9.17, 15) is 8.42 Å². The first kappa shape index (κ1) is 13.2. The first-order valence-corrected chi connectivity index (χ1v) is 7.74. The van der Waals surface area contributed by atoms with E-state index in [2.05, 4.69) is 14.7 Å². The molecule has 0 aliphatic heterocycles. The largest absolute Gasteiger partial charge is 0.329 e. The standard InChI is InChI=1S/C10H14N4O2S2/c1-18(15,16)12-4-2-6-14-9-3-5-11-7-8(9)13-10(14)17/h3,5,7,12H,2,4,6H2,1H3,(H,13,17). The van der Waals surface area contributed by atoms with E-state index in [1.807, 2.05) is 10.6 Å². The van der Waals surface area contributed by atoms with Gasteiger partial charge in [-0.1, -0.05) is 0 Å². The van der Waals surface area contributed by atoms with Gasteiger partial charge in [-0.2, -0.15) is 0 Å². The van der Waals surface area contributed by atoms with Crippen molar-refractivity contribution >= 4 is 33.3 Å². The summed E-state index contributed by atoms with van der Waals surface area (Å²) in [7, 11) is -3.12. The van der Waals surface area contributed by atoms with E-state index in [0.29, 0.717) is 24.3 Å². The first-order chi connectivity index (χ1) is 8.47. The average molecular weight is 286 g/mol. The van der Waals surface area contributed by atoms with E-state index in [1.54, 1.807) is 12.4 Å². The molecule has 0 amide bonds. The number of sulfonamides is 1. The molecule has 2 rings (SSSR count). The molecular weight excluding hydrogens is 272 g/mol. The zero-order chi connectivity index (χ0) is 13.2. The van der Waals surface area contributed by atoms with Crippen LogP contribution in [0.4, 0.5) is 0 Å². The van der Waals surface area contributed by atoms with Crippen molar-refractivity contribution in [3.05, 3.63) is 23.2 Å². The number of aromatic amines is 1. The van der Waals surface area contributed by atoms with Gasteiger partial charge in [0.05, 0.1) is 23.5 Å². The quantitative estimate of drug-likeness (QED) is 0.635. The molecule has 8 heteroatoms. The minimum atomic E-state index is -3.12. The predicted molar refractivity (Wildman–Crippen MR) is 72.4 cm³/mol. The number of hydrogen-bond acceptors (Lipinski definition) is 4. The summed E-state index contributed by atoms with van der Waals surface area (Å²) in [6.45, 7) is 1.06. The number of aromatic nitrogens is 3. The molecule has 0 saturated heterocycles. The minimum Gasteiger partial charge on any atom is -0.329 e. The van der Waals surface area contributed by atoms with Crippen LogP contribution in [-0.2, 0) is 16.6 Å². The second kappa shape index (κ2) is 5.17. The van der Waals surface area contributed by atoms with Crippen LogP contribution in [0.1, 0.15) is 6.42 Å². The SMILES string of the molecule is CS(=O)(=O)NCCCn1c(=S)[nH]c2cnccc21. The average Bonchev–Trinajstić information content (AvgIpc) is 2.59. The van der Waals surface area contributed by atoms with E-state index < -0.39 is 10.0 Å². The van der Waals surface area contributed by atoms with Gasteiger partial charge in [0.15, 0.2) is 4.77 Å². The molecule has 0 spiro atoms. The molecule has 0 bridgehead atoms. The summed E-state index contributed by atoms with van der Waals surface area (Å²) in [5.74, 6) is 0. The van der Waals surface area contributed by atoms with Crippen molar-refractivity contribution in [2.24, 2.45) is 0 Å². The molecule has 6 nitrogen and oxygen atoms in total. The lowest BCUT2D eigenvalue weighted by atomic mass is 10.4. The van der Waals surface area contributed by atoms with Gasteiger partial charge in [-0.25, -0.2) is 13.1 Å². The van der Waals surface area contributed by atoms with E-state index in [1.165, 1.54) is 0 Å². The van der Waals surface area contributed by atoms with Gasteiger partial charge < -0.3 is 9.55 Å². The van der Waals surface area contributed by atoms with E-state index in [0.717, 1.165) is 17.3 Å². The van der Waals surface area contributed by atoms with Crippen LogP contribution >= 0.6 is 12.2 Å².